The number of aliphatic carboxylic acids is 1. The van der Waals surface area contributed by atoms with Gasteiger partial charge in [-0.3, -0.25) is 0 Å². The summed E-state index contributed by atoms with van der Waals surface area (Å²) in [6, 6.07) is 16.3. The Morgan fingerprint density at radius 2 is 1.65 bits per heavy atom. The van der Waals surface area contributed by atoms with E-state index in [-0.39, 0.29) is 5.69 Å². The van der Waals surface area contributed by atoms with E-state index in [9.17, 15) is 18.0 Å². The highest BCUT2D eigenvalue weighted by molar-refractivity contribution is 5.96. The number of benzene rings is 2. The zero-order valence-corrected chi connectivity index (χ0v) is 19.9. The number of aromatic amines is 1. The van der Waals surface area contributed by atoms with E-state index in [1.54, 1.807) is 4.57 Å². The lowest BCUT2D eigenvalue weighted by Gasteiger charge is -2.04. The number of H-pyrrole nitrogens is 1. The molecule has 194 valence electrons. The molecule has 9 nitrogen and oxygen atoms in total. The maximum atomic E-state index is 12.9. The fraction of sp³-hybridized carbons (Fsp3) is 0.240. The Morgan fingerprint density at radius 1 is 1.03 bits per heavy atom. The molecule has 12 heteroatoms. The summed E-state index contributed by atoms with van der Waals surface area (Å²) in [6.07, 6.45) is 0.948. The Balaban J connectivity index is 0.000000405. The van der Waals surface area contributed by atoms with Gasteiger partial charge in [0.25, 0.3) is 0 Å². The minimum Gasteiger partial charge on any atom is -0.475 e. The molecular weight excluding hydrogens is 489 g/mol. The number of para-hydroxylation sites is 2. The highest BCUT2D eigenvalue weighted by atomic mass is 19.4. The van der Waals surface area contributed by atoms with Crippen molar-refractivity contribution in [3.05, 3.63) is 71.4 Å². The number of rotatable bonds is 6. The number of aryl methyl sites for hydroxylation is 2. The van der Waals surface area contributed by atoms with E-state index >= 15 is 0 Å². The highest BCUT2D eigenvalue weighted by Gasteiger charge is 2.38. The van der Waals surface area contributed by atoms with Crippen molar-refractivity contribution in [2.24, 2.45) is 12.8 Å². The van der Waals surface area contributed by atoms with Crippen molar-refractivity contribution >= 4 is 27.8 Å². The Kier molecular flexibility index (Phi) is 7.21. The van der Waals surface area contributed by atoms with Gasteiger partial charge < -0.3 is 20.0 Å². The van der Waals surface area contributed by atoms with E-state index < -0.39 is 12.1 Å². The molecule has 0 saturated heterocycles. The predicted molar refractivity (Wildman–Crippen MR) is 134 cm³/mol. The molecule has 0 aliphatic heterocycles. The van der Waals surface area contributed by atoms with Crippen LogP contribution >= 0.6 is 0 Å². The minimum absolute atomic E-state index is 0.247. The molecule has 0 aliphatic carbocycles. The molecule has 0 aliphatic rings. The Hall–Kier alpha value is -4.32. The van der Waals surface area contributed by atoms with Crippen molar-refractivity contribution in [3.8, 4) is 17.1 Å². The van der Waals surface area contributed by atoms with Gasteiger partial charge in [0.05, 0.1) is 11.2 Å². The highest BCUT2D eigenvalue weighted by Crippen LogP contribution is 2.32. The van der Waals surface area contributed by atoms with Crippen LogP contribution < -0.4 is 11.4 Å². The van der Waals surface area contributed by atoms with E-state index in [0.29, 0.717) is 12.4 Å². The average molecular weight is 515 g/mol. The largest absolute Gasteiger partial charge is 0.490 e. The molecular formula is C25H25F3N6O3. The molecule has 3 heterocycles. The summed E-state index contributed by atoms with van der Waals surface area (Å²) in [5, 5.41) is 16.3. The van der Waals surface area contributed by atoms with Gasteiger partial charge in [0.15, 0.2) is 5.82 Å². The number of carbonyl (C=O) groups is 1. The van der Waals surface area contributed by atoms with Crippen LogP contribution in [0.2, 0.25) is 0 Å². The molecule has 0 saturated carbocycles. The second kappa shape index (κ2) is 10.3. The zero-order chi connectivity index (χ0) is 26.7. The summed E-state index contributed by atoms with van der Waals surface area (Å²) in [7, 11) is 2.00. The number of nitrogens with zero attached hydrogens (tertiary/aromatic N) is 4. The molecule has 5 rings (SSSR count). The summed E-state index contributed by atoms with van der Waals surface area (Å²) >= 11 is 0. The second-order valence-electron chi connectivity index (χ2n) is 8.38. The lowest BCUT2D eigenvalue weighted by atomic mass is 10.1. The smallest absolute Gasteiger partial charge is 0.475 e. The van der Waals surface area contributed by atoms with Gasteiger partial charge in [-0.25, -0.2) is 19.3 Å². The summed E-state index contributed by atoms with van der Waals surface area (Å²) in [6.45, 7) is 1.53. The normalized spacial score (nSPS) is 11.6. The SMILES string of the molecule is Cn1cc(-c2n[nH]c(=O)n2-c2cn(CCCCN)c3ccccc23)c2ccccc21.O=C(O)C(F)(F)F. The molecule has 0 fully saturated rings. The van der Waals surface area contributed by atoms with Crippen molar-refractivity contribution in [2.45, 2.75) is 25.6 Å². The Morgan fingerprint density at radius 3 is 2.30 bits per heavy atom. The van der Waals surface area contributed by atoms with E-state index in [4.69, 9.17) is 15.6 Å². The van der Waals surface area contributed by atoms with Gasteiger partial charge in [-0.1, -0.05) is 36.4 Å². The van der Waals surface area contributed by atoms with Crippen LogP contribution in [0.4, 0.5) is 13.2 Å². The number of fused-ring (bicyclic) bond motifs is 2. The fourth-order valence-electron chi connectivity index (χ4n) is 4.24. The summed E-state index contributed by atoms with van der Waals surface area (Å²) < 4.78 is 37.7. The Bertz CT molecular complexity index is 1610. The monoisotopic (exact) mass is 514 g/mol. The number of hydrogen-bond donors (Lipinski definition) is 3. The first-order valence-electron chi connectivity index (χ1n) is 11.4. The Labute approximate surface area is 208 Å². The van der Waals surface area contributed by atoms with Crippen molar-refractivity contribution in [2.75, 3.05) is 6.54 Å². The lowest BCUT2D eigenvalue weighted by molar-refractivity contribution is -0.192. The number of nitrogens with one attached hydrogen (secondary N) is 1. The number of hydrogen-bond acceptors (Lipinski definition) is 4. The molecule has 0 amide bonds. The zero-order valence-electron chi connectivity index (χ0n) is 19.9. The van der Waals surface area contributed by atoms with Crippen molar-refractivity contribution in [3.63, 3.8) is 0 Å². The first-order valence-corrected chi connectivity index (χ1v) is 11.4. The van der Waals surface area contributed by atoms with Gasteiger partial charge in [0.2, 0.25) is 0 Å². The third-order valence-corrected chi connectivity index (χ3v) is 5.91. The number of halogens is 3. The molecule has 3 aromatic heterocycles. The maximum absolute atomic E-state index is 12.9. The van der Waals surface area contributed by atoms with Crippen molar-refractivity contribution in [1.82, 2.24) is 23.9 Å². The number of alkyl halides is 3. The molecule has 0 atom stereocenters. The molecule has 0 bridgehead atoms. The van der Waals surface area contributed by atoms with Crippen LogP contribution in [0.25, 0.3) is 38.9 Å². The van der Waals surface area contributed by atoms with Crippen LogP contribution in [0.15, 0.2) is 65.7 Å². The van der Waals surface area contributed by atoms with Gasteiger partial charge in [0.1, 0.15) is 0 Å². The standard InChI is InChI=1S/C23H24N6O.C2HF3O2/c1-27-14-18(16-8-2-4-10-19(16)27)22-25-26-23(30)29(22)21-15-28(13-7-6-12-24)20-11-5-3-9-17(20)21;3-2(4,5)1(6)7/h2-5,8-11,14-15H,6-7,12-13,24H2,1H3,(H,26,30);(H,6,7). The molecule has 0 spiro atoms. The maximum Gasteiger partial charge on any atom is 0.490 e. The number of nitrogens with two attached hydrogens (primary N) is 1. The van der Waals surface area contributed by atoms with Crippen LogP contribution in [0.1, 0.15) is 12.8 Å². The summed E-state index contributed by atoms with van der Waals surface area (Å²) in [5.41, 5.74) is 9.37. The number of carboxylic acid groups (broad SMARTS) is 1. The van der Waals surface area contributed by atoms with Gasteiger partial charge >= 0.3 is 17.8 Å². The van der Waals surface area contributed by atoms with Crippen LogP contribution in [0, 0.1) is 0 Å². The first-order chi connectivity index (χ1) is 17.6. The van der Waals surface area contributed by atoms with Gasteiger partial charge in [-0.15, -0.1) is 0 Å². The van der Waals surface area contributed by atoms with Gasteiger partial charge in [0, 0.05) is 47.8 Å². The molecule has 0 unspecified atom stereocenters. The third-order valence-electron chi connectivity index (χ3n) is 5.91. The van der Waals surface area contributed by atoms with E-state index in [0.717, 1.165) is 52.4 Å². The van der Waals surface area contributed by atoms with Crippen LogP contribution in [-0.2, 0) is 18.4 Å². The molecule has 5 aromatic rings. The molecule has 4 N–H and O–H groups in total. The topological polar surface area (TPSA) is 124 Å². The minimum atomic E-state index is -5.08. The lowest BCUT2D eigenvalue weighted by Crippen LogP contribution is -2.21. The van der Waals surface area contributed by atoms with E-state index in [1.165, 1.54) is 0 Å². The summed E-state index contributed by atoms with van der Waals surface area (Å²) in [4.78, 5) is 21.8. The van der Waals surface area contributed by atoms with E-state index in [1.807, 2.05) is 43.7 Å². The van der Waals surface area contributed by atoms with Gasteiger partial charge in [-0.2, -0.15) is 18.3 Å². The predicted octanol–water partition coefficient (Wildman–Crippen LogP) is 4.05. The number of aromatic nitrogens is 5. The quantitative estimate of drug-likeness (QED) is 0.295. The van der Waals surface area contributed by atoms with E-state index in [2.05, 4.69) is 43.6 Å². The molecule has 0 radical (unpaired) electrons. The van der Waals surface area contributed by atoms with Crippen LogP contribution in [0.5, 0.6) is 0 Å². The van der Waals surface area contributed by atoms with Crippen molar-refractivity contribution < 1.29 is 23.1 Å². The van der Waals surface area contributed by atoms with Crippen molar-refractivity contribution in [1.29, 1.82) is 0 Å². The number of carboxylic acids is 1. The van der Waals surface area contributed by atoms with Crippen LogP contribution in [-0.4, -0.2) is 47.7 Å². The van der Waals surface area contributed by atoms with Crippen LogP contribution in [0.3, 0.4) is 0 Å². The average Bonchev–Trinajstić information content (AvgIpc) is 3.52. The fourth-order valence-corrected chi connectivity index (χ4v) is 4.24. The molecule has 37 heavy (non-hydrogen) atoms. The first kappa shape index (κ1) is 25.8. The van der Waals surface area contributed by atoms with Gasteiger partial charge in [-0.05, 0) is 31.5 Å². The number of unbranched alkanes of at least 4 members (excludes halogenated alkanes) is 1. The third kappa shape index (κ3) is 5.14. The second-order valence-corrected chi connectivity index (χ2v) is 8.38. The molecule has 2 aromatic carbocycles. The summed E-state index contributed by atoms with van der Waals surface area (Å²) in [5.74, 6) is -2.14.